The van der Waals surface area contributed by atoms with Crippen molar-refractivity contribution in [3.63, 3.8) is 0 Å². The lowest BCUT2D eigenvalue weighted by atomic mass is 10.2. The molecule has 0 bridgehead atoms. The molecule has 3 rings (SSSR count). The Morgan fingerprint density at radius 2 is 2.00 bits per heavy atom. The lowest BCUT2D eigenvalue weighted by molar-refractivity contribution is -0.140. The van der Waals surface area contributed by atoms with Gasteiger partial charge in [-0.25, -0.2) is 4.79 Å². The van der Waals surface area contributed by atoms with Crippen LogP contribution in [0.2, 0.25) is 0 Å². The number of carbonyl (C=O) groups excluding carboxylic acids is 1. The molecule has 0 aliphatic carbocycles. The van der Waals surface area contributed by atoms with Crippen molar-refractivity contribution in [1.29, 1.82) is 0 Å². The van der Waals surface area contributed by atoms with Crippen molar-refractivity contribution >= 4 is 17.6 Å². The molecule has 1 aromatic carbocycles. The first kappa shape index (κ1) is 16.4. The van der Waals surface area contributed by atoms with E-state index < -0.39 is 17.9 Å². The van der Waals surface area contributed by atoms with E-state index in [1.165, 1.54) is 23.9 Å². The number of nitrogens with one attached hydrogen (secondary N) is 1. The van der Waals surface area contributed by atoms with Crippen molar-refractivity contribution < 1.29 is 14.7 Å². The highest BCUT2D eigenvalue weighted by molar-refractivity contribution is 6.02. The summed E-state index contributed by atoms with van der Waals surface area (Å²) in [5, 5.41) is 19.9. The fourth-order valence-corrected chi connectivity index (χ4v) is 2.27. The molecule has 0 spiro atoms. The number of nitrogens with zero attached hydrogens (tertiary/aromatic N) is 4. The lowest BCUT2D eigenvalue weighted by Crippen LogP contribution is -2.18. The summed E-state index contributed by atoms with van der Waals surface area (Å²) in [7, 11) is 0. The van der Waals surface area contributed by atoms with Crippen LogP contribution in [-0.4, -0.2) is 36.5 Å². The Bertz CT molecular complexity index is 885. The zero-order valence-electron chi connectivity index (χ0n) is 13.5. The molecule has 0 saturated carbocycles. The van der Waals surface area contributed by atoms with Crippen molar-refractivity contribution in [2.45, 2.75) is 19.5 Å². The molecule has 3 aromatic rings. The molecule has 1 amide bonds. The van der Waals surface area contributed by atoms with Crippen LogP contribution in [0.5, 0.6) is 0 Å². The summed E-state index contributed by atoms with van der Waals surface area (Å²) in [6, 6.07) is 10.5. The molecule has 128 valence electrons. The number of carboxylic acids is 1. The Hall–Kier alpha value is -3.42. The second kappa shape index (κ2) is 7.00. The first-order chi connectivity index (χ1) is 12.0. The normalized spacial score (nSPS) is 11.9. The van der Waals surface area contributed by atoms with E-state index in [0.29, 0.717) is 12.2 Å². The molecule has 2 heterocycles. The Balaban J connectivity index is 1.65. The van der Waals surface area contributed by atoms with Gasteiger partial charge >= 0.3 is 5.97 Å². The van der Waals surface area contributed by atoms with Crippen molar-refractivity contribution in [2.24, 2.45) is 0 Å². The number of aromatic nitrogens is 4. The summed E-state index contributed by atoms with van der Waals surface area (Å²) in [6.07, 6.45) is 4.74. The van der Waals surface area contributed by atoms with Gasteiger partial charge < -0.3 is 10.4 Å². The van der Waals surface area contributed by atoms with E-state index in [1.807, 2.05) is 30.3 Å². The third-order valence-corrected chi connectivity index (χ3v) is 3.67. The molecule has 25 heavy (non-hydrogen) atoms. The van der Waals surface area contributed by atoms with Crippen LogP contribution in [-0.2, 0) is 11.3 Å². The molecule has 2 N–H and O–H groups in total. The van der Waals surface area contributed by atoms with E-state index in [0.717, 1.165) is 5.56 Å². The molecule has 0 aliphatic heterocycles. The number of hydrogen-bond donors (Lipinski definition) is 2. The molecule has 0 aliphatic rings. The largest absolute Gasteiger partial charge is 0.480 e. The fourth-order valence-electron chi connectivity index (χ4n) is 2.27. The first-order valence-corrected chi connectivity index (χ1v) is 7.68. The number of anilines is 1. The van der Waals surface area contributed by atoms with Crippen LogP contribution in [0.4, 0.5) is 5.69 Å². The molecule has 8 nitrogen and oxygen atoms in total. The van der Waals surface area contributed by atoms with Gasteiger partial charge in [-0.3, -0.25) is 14.2 Å². The Labute approximate surface area is 143 Å². The van der Waals surface area contributed by atoms with Gasteiger partial charge in [-0.1, -0.05) is 30.3 Å². The van der Waals surface area contributed by atoms with Gasteiger partial charge in [0.25, 0.3) is 5.91 Å². The van der Waals surface area contributed by atoms with E-state index in [9.17, 15) is 9.59 Å². The zero-order chi connectivity index (χ0) is 17.8. The third kappa shape index (κ3) is 3.92. The van der Waals surface area contributed by atoms with Crippen molar-refractivity contribution in [2.75, 3.05) is 5.32 Å². The lowest BCUT2D eigenvalue weighted by Gasteiger charge is -2.05. The second-order valence-electron chi connectivity index (χ2n) is 5.56. The highest BCUT2D eigenvalue weighted by Crippen LogP contribution is 2.11. The third-order valence-electron chi connectivity index (χ3n) is 3.67. The molecule has 2 aromatic heterocycles. The van der Waals surface area contributed by atoms with Crippen LogP contribution >= 0.6 is 0 Å². The second-order valence-corrected chi connectivity index (χ2v) is 5.56. The molecular weight excluding hydrogens is 322 g/mol. The van der Waals surface area contributed by atoms with Gasteiger partial charge in [0.1, 0.15) is 6.04 Å². The minimum absolute atomic E-state index is 0.143. The highest BCUT2D eigenvalue weighted by atomic mass is 16.4. The summed E-state index contributed by atoms with van der Waals surface area (Å²) in [6.45, 7) is 2.09. The standard InChI is InChI=1S/C17H17N5O3/c1-12(17(24)25)22-8-7-15(20-22)16(23)19-14-9-18-21(11-14)10-13-5-3-2-4-6-13/h2-9,11-12H,10H2,1H3,(H,19,23)(H,24,25). The molecule has 1 unspecified atom stereocenters. The van der Waals surface area contributed by atoms with Crippen LogP contribution in [0.1, 0.15) is 29.0 Å². The van der Waals surface area contributed by atoms with Gasteiger partial charge in [0.05, 0.1) is 18.4 Å². The number of carbonyl (C=O) groups is 2. The van der Waals surface area contributed by atoms with Gasteiger partial charge in [-0.15, -0.1) is 0 Å². The van der Waals surface area contributed by atoms with Crippen LogP contribution < -0.4 is 5.32 Å². The average Bonchev–Trinajstić information content (AvgIpc) is 3.24. The summed E-state index contributed by atoms with van der Waals surface area (Å²) in [5.41, 5.74) is 1.79. The van der Waals surface area contributed by atoms with Gasteiger partial charge in [-0.2, -0.15) is 10.2 Å². The fraction of sp³-hybridized carbons (Fsp3) is 0.176. The monoisotopic (exact) mass is 339 g/mol. The molecule has 0 fully saturated rings. The number of rotatable bonds is 6. The molecule has 0 saturated heterocycles. The quantitative estimate of drug-likeness (QED) is 0.715. The average molecular weight is 339 g/mol. The van der Waals surface area contributed by atoms with E-state index in [4.69, 9.17) is 5.11 Å². The highest BCUT2D eigenvalue weighted by Gasteiger charge is 2.17. The van der Waals surface area contributed by atoms with Crippen LogP contribution in [0.15, 0.2) is 55.0 Å². The van der Waals surface area contributed by atoms with Gasteiger partial charge in [-0.05, 0) is 18.6 Å². The maximum Gasteiger partial charge on any atom is 0.328 e. The molecule has 0 radical (unpaired) electrons. The smallest absolute Gasteiger partial charge is 0.328 e. The van der Waals surface area contributed by atoms with Crippen LogP contribution in [0.3, 0.4) is 0 Å². The van der Waals surface area contributed by atoms with E-state index >= 15 is 0 Å². The topological polar surface area (TPSA) is 102 Å². The maximum atomic E-state index is 12.2. The van der Waals surface area contributed by atoms with Crippen LogP contribution in [0, 0.1) is 0 Å². The number of aliphatic carboxylic acids is 1. The minimum Gasteiger partial charge on any atom is -0.480 e. The summed E-state index contributed by atoms with van der Waals surface area (Å²) < 4.78 is 2.95. The van der Waals surface area contributed by atoms with Gasteiger partial charge in [0.15, 0.2) is 5.69 Å². The Kier molecular flexibility index (Phi) is 4.60. The Morgan fingerprint density at radius 3 is 2.72 bits per heavy atom. The minimum atomic E-state index is -1.02. The SMILES string of the molecule is CC(C(=O)O)n1ccc(C(=O)Nc2cnn(Cc3ccccc3)c2)n1. The summed E-state index contributed by atoms with van der Waals surface area (Å²) in [4.78, 5) is 23.2. The van der Waals surface area contributed by atoms with E-state index in [1.54, 1.807) is 17.1 Å². The van der Waals surface area contributed by atoms with Crippen LogP contribution in [0.25, 0.3) is 0 Å². The van der Waals surface area contributed by atoms with Crippen molar-refractivity contribution in [1.82, 2.24) is 19.6 Å². The molecule has 8 heteroatoms. The predicted octanol–water partition coefficient (Wildman–Crippen LogP) is 2.03. The number of hydrogen-bond acceptors (Lipinski definition) is 4. The van der Waals surface area contributed by atoms with Gasteiger partial charge in [0.2, 0.25) is 0 Å². The van der Waals surface area contributed by atoms with E-state index in [2.05, 4.69) is 15.5 Å². The molecule has 1 atom stereocenters. The zero-order valence-corrected chi connectivity index (χ0v) is 13.5. The van der Waals surface area contributed by atoms with Gasteiger partial charge in [0, 0.05) is 12.4 Å². The van der Waals surface area contributed by atoms with E-state index in [-0.39, 0.29) is 5.69 Å². The number of carboxylic acid groups (broad SMARTS) is 1. The first-order valence-electron chi connectivity index (χ1n) is 7.68. The summed E-state index contributed by atoms with van der Waals surface area (Å²) in [5.74, 6) is -1.44. The number of benzene rings is 1. The molecular formula is C17H17N5O3. The van der Waals surface area contributed by atoms with Crippen molar-refractivity contribution in [3.8, 4) is 0 Å². The number of amides is 1. The summed E-state index contributed by atoms with van der Waals surface area (Å²) >= 11 is 0. The maximum absolute atomic E-state index is 12.2. The Morgan fingerprint density at radius 1 is 1.24 bits per heavy atom. The van der Waals surface area contributed by atoms with Crippen molar-refractivity contribution in [3.05, 3.63) is 66.2 Å². The predicted molar refractivity (Wildman–Crippen MR) is 90.3 cm³/mol.